The SMILES string of the molecule is Cc1ccc(S(=O)(=O)O)cc1.O=C(Nc1ccc2c(c1)N1CCN(CC3CC3)C(C2)C1)c1ccccc1. The Morgan fingerprint density at radius 1 is 1.00 bits per heavy atom. The molecule has 1 saturated heterocycles. The number of hydrogen-bond acceptors (Lipinski definition) is 5. The lowest BCUT2D eigenvalue weighted by atomic mass is 9.94. The van der Waals surface area contributed by atoms with Crippen molar-refractivity contribution in [3.8, 4) is 0 Å². The van der Waals surface area contributed by atoms with E-state index in [1.807, 2.05) is 43.3 Å². The molecule has 3 aromatic carbocycles. The van der Waals surface area contributed by atoms with Crippen LogP contribution in [0.5, 0.6) is 0 Å². The molecule has 1 amide bonds. The molecule has 2 aliphatic heterocycles. The zero-order valence-corrected chi connectivity index (χ0v) is 21.8. The molecule has 8 heteroatoms. The topological polar surface area (TPSA) is 89.9 Å². The van der Waals surface area contributed by atoms with E-state index >= 15 is 0 Å². The summed E-state index contributed by atoms with van der Waals surface area (Å²) in [5, 5.41) is 3.05. The summed E-state index contributed by atoms with van der Waals surface area (Å²) in [7, 11) is -4.02. The second kappa shape index (κ2) is 10.7. The normalized spacial score (nSPS) is 18.9. The summed E-state index contributed by atoms with van der Waals surface area (Å²) in [5.74, 6) is 0.909. The molecule has 0 radical (unpaired) electrons. The van der Waals surface area contributed by atoms with Gasteiger partial charge in [-0.15, -0.1) is 0 Å². The van der Waals surface area contributed by atoms with E-state index in [1.165, 1.54) is 49.3 Å². The molecule has 194 valence electrons. The number of hydrogen-bond donors (Lipinski definition) is 2. The summed E-state index contributed by atoms with van der Waals surface area (Å²) in [6.07, 6.45) is 3.98. The molecular weight excluding hydrogens is 486 g/mol. The fraction of sp³-hybridized carbons (Fsp3) is 0.345. The maximum Gasteiger partial charge on any atom is 0.294 e. The average molecular weight is 520 g/mol. The Labute approximate surface area is 218 Å². The third-order valence-electron chi connectivity index (χ3n) is 7.29. The van der Waals surface area contributed by atoms with E-state index in [0.29, 0.717) is 11.6 Å². The number of nitrogens with one attached hydrogen (secondary N) is 1. The summed E-state index contributed by atoms with van der Waals surface area (Å²) in [4.78, 5) is 17.6. The van der Waals surface area contributed by atoms with Crippen LogP contribution in [0.3, 0.4) is 0 Å². The highest BCUT2D eigenvalue weighted by molar-refractivity contribution is 7.85. The van der Waals surface area contributed by atoms with Gasteiger partial charge in [0.1, 0.15) is 0 Å². The summed E-state index contributed by atoms with van der Waals surface area (Å²) in [5.41, 5.74) is 5.26. The monoisotopic (exact) mass is 519 g/mol. The quantitative estimate of drug-likeness (QED) is 0.478. The maximum absolute atomic E-state index is 12.4. The smallest absolute Gasteiger partial charge is 0.294 e. The number of rotatable bonds is 5. The Balaban J connectivity index is 0.000000215. The number of fused-ring (bicyclic) bond motifs is 4. The van der Waals surface area contributed by atoms with Crippen LogP contribution in [0.4, 0.5) is 11.4 Å². The zero-order valence-electron chi connectivity index (χ0n) is 21.0. The summed E-state index contributed by atoms with van der Waals surface area (Å²) in [6, 6.07) is 22.4. The van der Waals surface area contributed by atoms with Gasteiger partial charge in [0.15, 0.2) is 0 Å². The van der Waals surface area contributed by atoms with E-state index in [1.54, 1.807) is 12.1 Å². The molecular formula is C29H33N3O4S. The molecule has 7 nitrogen and oxygen atoms in total. The van der Waals surface area contributed by atoms with Gasteiger partial charge in [-0.3, -0.25) is 14.2 Å². The lowest BCUT2D eigenvalue weighted by Crippen LogP contribution is -2.57. The van der Waals surface area contributed by atoms with Crippen molar-refractivity contribution in [3.05, 3.63) is 89.5 Å². The molecule has 2 fully saturated rings. The van der Waals surface area contributed by atoms with Gasteiger partial charge in [0.25, 0.3) is 16.0 Å². The Kier molecular flexibility index (Phi) is 7.33. The fourth-order valence-corrected chi connectivity index (χ4v) is 5.52. The lowest BCUT2D eigenvalue weighted by molar-refractivity contribution is 0.102. The van der Waals surface area contributed by atoms with Crippen molar-refractivity contribution in [3.63, 3.8) is 0 Å². The van der Waals surface area contributed by atoms with E-state index in [0.717, 1.165) is 36.7 Å². The maximum atomic E-state index is 12.4. The zero-order chi connectivity index (χ0) is 26.0. The van der Waals surface area contributed by atoms with E-state index in [9.17, 15) is 13.2 Å². The number of carbonyl (C=O) groups excluding carboxylic acids is 1. The largest absolute Gasteiger partial charge is 0.368 e. The fourth-order valence-electron chi connectivity index (χ4n) is 5.04. The third kappa shape index (κ3) is 6.39. The Morgan fingerprint density at radius 3 is 2.41 bits per heavy atom. The first-order valence-corrected chi connectivity index (χ1v) is 14.2. The molecule has 1 atom stereocenters. The van der Waals surface area contributed by atoms with Crippen molar-refractivity contribution >= 4 is 27.4 Å². The van der Waals surface area contributed by atoms with Crippen molar-refractivity contribution in [2.45, 2.75) is 37.1 Å². The minimum Gasteiger partial charge on any atom is -0.368 e. The van der Waals surface area contributed by atoms with Crippen LogP contribution < -0.4 is 10.2 Å². The molecule has 2 heterocycles. The number of benzene rings is 3. The molecule has 1 unspecified atom stereocenters. The van der Waals surface area contributed by atoms with Crippen LogP contribution in [0.1, 0.15) is 34.3 Å². The van der Waals surface area contributed by atoms with Gasteiger partial charge in [-0.1, -0.05) is 42.0 Å². The van der Waals surface area contributed by atoms with Crippen LogP contribution in [0.25, 0.3) is 0 Å². The number of anilines is 2. The van der Waals surface area contributed by atoms with Gasteiger partial charge in [-0.2, -0.15) is 8.42 Å². The van der Waals surface area contributed by atoms with E-state index in [-0.39, 0.29) is 10.8 Å². The highest BCUT2D eigenvalue weighted by Gasteiger charge is 2.35. The lowest BCUT2D eigenvalue weighted by Gasteiger charge is -2.47. The van der Waals surface area contributed by atoms with Crippen LogP contribution >= 0.6 is 0 Å². The Hall–Kier alpha value is -3.20. The average Bonchev–Trinajstić information content (AvgIpc) is 3.71. The molecule has 3 aliphatic rings. The standard InChI is InChI=1S/C22H25N3O.C7H8O3S/c26-22(17-4-2-1-3-5-17)23-19-9-8-18-12-20-15-25(21(18)13-19)11-10-24(20)14-16-6-7-16;1-6-2-4-7(5-3-6)11(8,9)10/h1-5,8-9,13,16,20H,6-7,10-12,14-15H2,(H,23,26);2-5H,1H3,(H,8,9,10). The van der Waals surface area contributed by atoms with Crippen molar-refractivity contribution in [2.24, 2.45) is 5.92 Å². The predicted octanol–water partition coefficient (Wildman–Crippen LogP) is 4.64. The molecule has 0 spiro atoms. The molecule has 1 aliphatic carbocycles. The number of carbonyl (C=O) groups is 1. The first-order valence-electron chi connectivity index (χ1n) is 12.8. The minimum absolute atomic E-state index is 0.0477. The Morgan fingerprint density at radius 2 is 1.73 bits per heavy atom. The third-order valence-corrected chi connectivity index (χ3v) is 8.16. The van der Waals surface area contributed by atoms with Gasteiger partial charge in [0, 0.05) is 49.2 Å². The van der Waals surface area contributed by atoms with Gasteiger partial charge < -0.3 is 10.2 Å². The molecule has 0 aromatic heterocycles. The van der Waals surface area contributed by atoms with Crippen LogP contribution in [-0.2, 0) is 16.5 Å². The summed E-state index contributed by atoms with van der Waals surface area (Å²) >= 11 is 0. The van der Waals surface area contributed by atoms with Gasteiger partial charge >= 0.3 is 0 Å². The second-order valence-electron chi connectivity index (χ2n) is 10.2. The van der Waals surface area contributed by atoms with Crippen LogP contribution in [0.15, 0.2) is 77.7 Å². The number of amides is 1. The van der Waals surface area contributed by atoms with Gasteiger partial charge in [0.2, 0.25) is 0 Å². The highest BCUT2D eigenvalue weighted by Crippen LogP contribution is 2.36. The van der Waals surface area contributed by atoms with Crippen molar-refractivity contribution in [2.75, 3.05) is 36.4 Å². The molecule has 3 aromatic rings. The van der Waals surface area contributed by atoms with Gasteiger partial charge in [0.05, 0.1) is 4.90 Å². The van der Waals surface area contributed by atoms with E-state index in [4.69, 9.17) is 4.55 Å². The van der Waals surface area contributed by atoms with Gasteiger partial charge in [-0.25, -0.2) is 0 Å². The number of aryl methyl sites for hydroxylation is 1. The Bertz CT molecular complexity index is 1360. The van der Waals surface area contributed by atoms with Crippen LogP contribution in [0.2, 0.25) is 0 Å². The summed E-state index contributed by atoms with van der Waals surface area (Å²) in [6.45, 7) is 6.51. The van der Waals surface area contributed by atoms with E-state index in [2.05, 4.69) is 27.2 Å². The minimum atomic E-state index is -4.02. The molecule has 1 saturated carbocycles. The van der Waals surface area contributed by atoms with E-state index < -0.39 is 10.1 Å². The first kappa shape index (κ1) is 25.4. The number of piperazine rings is 1. The molecule has 2 N–H and O–H groups in total. The summed E-state index contributed by atoms with van der Waals surface area (Å²) < 4.78 is 29.6. The van der Waals surface area contributed by atoms with Crippen LogP contribution in [-0.4, -0.2) is 56.0 Å². The van der Waals surface area contributed by atoms with Crippen LogP contribution in [0, 0.1) is 12.8 Å². The second-order valence-corrected chi connectivity index (χ2v) is 11.6. The predicted molar refractivity (Wildman–Crippen MR) is 146 cm³/mol. The molecule has 37 heavy (non-hydrogen) atoms. The number of nitrogens with zero attached hydrogens (tertiary/aromatic N) is 2. The molecule has 2 bridgehead atoms. The van der Waals surface area contributed by atoms with Crippen molar-refractivity contribution in [1.29, 1.82) is 0 Å². The first-order chi connectivity index (χ1) is 17.8. The molecule has 6 rings (SSSR count). The van der Waals surface area contributed by atoms with Crippen molar-refractivity contribution < 1.29 is 17.8 Å². The highest BCUT2D eigenvalue weighted by atomic mass is 32.2. The van der Waals surface area contributed by atoms with Crippen molar-refractivity contribution in [1.82, 2.24) is 4.90 Å². The van der Waals surface area contributed by atoms with Gasteiger partial charge in [-0.05, 0) is 74.1 Å².